The highest BCUT2D eigenvalue weighted by Gasteiger charge is 2.25. The zero-order chi connectivity index (χ0) is 21.2. The zero-order valence-electron chi connectivity index (χ0n) is 16.9. The highest BCUT2D eigenvalue weighted by atomic mass is 35.5. The van der Waals surface area contributed by atoms with Crippen molar-refractivity contribution < 1.29 is 19.1 Å². The maximum Gasteiger partial charge on any atom is 0.309 e. The van der Waals surface area contributed by atoms with Gasteiger partial charge in [-0.3, -0.25) is 14.4 Å². The van der Waals surface area contributed by atoms with Crippen molar-refractivity contribution in [3.63, 3.8) is 0 Å². The molecule has 0 spiro atoms. The third-order valence-electron chi connectivity index (χ3n) is 4.85. The van der Waals surface area contributed by atoms with E-state index in [0.717, 1.165) is 5.56 Å². The summed E-state index contributed by atoms with van der Waals surface area (Å²) >= 11 is 5.86. The number of cyclic esters (lactones) is 1. The van der Waals surface area contributed by atoms with Crippen LogP contribution in [0, 0.1) is 11.8 Å². The first-order valence-corrected chi connectivity index (χ1v) is 10.3. The Hall–Kier alpha value is -2.34. The van der Waals surface area contributed by atoms with Crippen LogP contribution < -0.4 is 10.6 Å². The standard InChI is InChI=1S/C22H29ClN2O4/c1-15(2)19-14-29-22(28)17(6-4-3-5-7-20(26)25-19)12-21(27)24-13-16-8-10-18(23)11-9-16/h3-4,8-11,15,17,19H,5-7,12-14H2,1-2H3,(H,24,27)(H,25,26)/t17-,19-/m0/s1. The molecular weight excluding hydrogens is 392 g/mol. The first-order valence-electron chi connectivity index (χ1n) is 9.97. The summed E-state index contributed by atoms with van der Waals surface area (Å²) in [7, 11) is 0. The second kappa shape index (κ2) is 11.6. The Morgan fingerprint density at radius 1 is 1.24 bits per heavy atom. The van der Waals surface area contributed by atoms with Gasteiger partial charge in [0, 0.05) is 24.4 Å². The van der Waals surface area contributed by atoms with Gasteiger partial charge in [-0.25, -0.2) is 0 Å². The minimum Gasteiger partial charge on any atom is -0.463 e. The van der Waals surface area contributed by atoms with Crippen LogP contribution in [0.25, 0.3) is 0 Å². The van der Waals surface area contributed by atoms with Crippen LogP contribution in [-0.4, -0.2) is 30.4 Å². The number of nitrogens with one attached hydrogen (secondary N) is 2. The summed E-state index contributed by atoms with van der Waals surface area (Å²) in [6.07, 6.45) is 5.16. The van der Waals surface area contributed by atoms with Crippen LogP contribution >= 0.6 is 11.6 Å². The number of carbonyl (C=O) groups excluding carboxylic acids is 3. The van der Waals surface area contributed by atoms with E-state index in [0.29, 0.717) is 30.8 Å². The van der Waals surface area contributed by atoms with Crippen LogP contribution in [0.2, 0.25) is 5.02 Å². The van der Waals surface area contributed by atoms with Crippen molar-refractivity contribution in [3.8, 4) is 0 Å². The average molecular weight is 421 g/mol. The lowest BCUT2D eigenvalue weighted by Crippen LogP contribution is -2.43. The third kappa shape index (κ3) is 8.28. The molecule has 1 aromatic rings. The molecule has 0 unspecified atom stereocenters. The molecule has 158 valence electrons. The predicted molar refractivity (Wildman–Crippen MR) is 112 cm³/mol. The lowest BCUT2D eigenvalue weighted by Gasteiger charge is -2.24. The van der Waals surface area contributed by atoms with Crippen LogP contribution in [0.4, 0.5) is 0 Å². The second-order valence-electron chi connectivity index (χ2n) is 7.60. The Balaban J connectivity index is 1.95. The molecular formula is C22H29ClN2O4. The van der Waals surface area contributed by atoms with E-state index in [1.807, 2.05) is 38.1 Å². The summed E-state index contributed by atoms with van der Waals surface area (Å²) in [5, 5.41) is 6.39. The van der Waals surface area contributed by atoms with E-state index in [1.54, 1.807) is 12.1 Å². The summed E-state index contributed by atoms with van der Waals surface area (Å²) in [6.45, 7) is 4.41. The lowest BCUT2D eigenvalue weighted by molar-refractivity contribution is -0.151. The van der Waals surface area contributed by atoms with Crippen molar-refractivity contribution in [1.82, 2.24) is 10.6 Å². The minimum absolute atomic E-state index is 0.0511. The molecule has 0 saturated carbocycles. The minimum atomic E-state index is -0.556. The van der Waals surface area contributed by atoms with Gasteiger partial charge in [0.05, 0.1) is 12.0 Å². The van der Waals surface area contributed by atoms with Crippen LogP contribution in [-0.2, 0) is 25.7 Å². The highest BCUT2D eigenvalue weighted by Crippen LogP contribution is 2.15. The Bertz CT molecular complexity index is 731. The molecule has 1 heterocycles. The van der Waals surface area contributed by atoms with Crippen molar-refractivity contribution in [1.29, 1.82) is 0 Å². The van der Waals surface area contributed by atoms with E-state index in [-0.39, 0.29) is 36.8 Å². The molecule has 2 amide bonds. The summed E-state index contributed by atoms with van der Waals surface area (Å²) in [5.74, 6) is -1.11. The number of halogens is 1. The average Bonchev–Trinajstić information content (AvgIpc) is 2.68. The first kappa shape index (κ1) is 22.9. The van der Waals surface area contributed by atoms with Gasteiger partial charge >= 0.3 is 5.97 Å². The number of ether oxygens (including phenoxy) is 1. The maximum atomic E-state index is 12.6. The Kier molecular flexibility index (Phi) is 9.19. The fraction of sp³-hybridized carbons (Fsp3) is 0.500. The number of amides is 2. The van der Waals surface area contributed by atoms with E-state index < -0.39 is 11.9 Å². The van der Waals surface area contributed by atoms with Crippen LogP contribution in [0.5, 0.6) is 0 Å². The molecule has 6 nitrogen and oxygen atoms in total. The molecule has 0 aromatic heterocycles. The van der Waals surface area contributed by atoms with Gasteiger partial charge in [-0.1, -0.05) is 49.7 Å². The number of esters is 1. The molecule has 2 rings (SSSR count). The number of hydrogen-bond acceptors (Lipinski definition) is 4. The molecule has 1 aromatic carbocycles. The van der Waals surface area contributed by atoms with E-state index in [9.17, 15) is 14.4 Å². The fourth-order valence-corrected chi connectivity index (χ4v) is 3.05. The normalized spacial score (nSPS) is 21.0. The Morgan fingerprint density at radius 2 is 1.97 bits per heavy atom. The van der Waals surface area contributed by atoms with Crippen molar-refractivity contribution in [2.24, 2.45) is 11.8 Å². The number of allylic oxidation sites excluding steroid dienone is 2. The van der Waals surface area contributed by atoms with Crippen molar-refractivity contribution >= 4 is 29.4 Å². The van der Waals surface area contributed by atoms with E-state index in [4.69, 9.17) is 16.3 Å². The molecule has 0 fully saturated rings. The highest BCUT2D eigenvalue weighted by molar-refractivity contribution is 6.30. The summed E-state index contributed by atoms with van der Waals surface area (Å²) < 4.78 is 5.44. The van der Waals surface area contributed by atoms with Gasteiger partial charge in [-0.05, 0) is 36.5 Å². The lowest BCUT2D eigenvalue weighted by atomic mass is 9.99. The van der Waals surface area contributed by atoms with Gasteiger partial charge in [0.25, 0.3) is 0 Å². The van der Waals surface area contributed by atoms with Crippen LogP contribution in [0.3, 0.4) is 0 Å². The van der Waals surface area contributed by atoms with Crippen LogP contribution in [0.1, 0.15) is 45.1 Å². The monoisotopic (exact) mass is 420 g/mol. The zero-order valence-corrected chi connectivity index (χ0v) is 17.7. The number of benzene rings is 1. The smallest absolute Gasteiger partial charge is 0.309 e. The maximum absolute atomic E-state index is 12.6. The molecule has 0 aliphatic carbocycles. The molecule has 2 N–H and O–H groups in total. The van der Waals surface area contributed by atoms with E-state index >= 15 is 0 Å². The Labute approximate surface area is 177 Å². The second-order valence-corrected chi connectivity index (χ2v) is 8.03. The fourth-order valence-electron chi connectivity index (χ4n) is 2.92. The first-order chi connectivity index (χ1) is 13.8. The molecule has 0 saturated heterocycles. The van der Waals surface area contributed by atoms with Gasteiger partial charge in [0.2, 0.25) is 11.8 Å². The van der Waals surface area contributed by atoms with Gasteiger partial charge in [-0.2, -0.15) is 0 Å². The van der Waals surface area contributed by atoms with Gasteiger partial charge in [0.1, 0.15) is 6.61 Å². The van der Waals surface area contributed by atoms with Crippen molar-refractivity contribution in [2.75, 3.05) is 6.61 Å². The molecule has 2 atom stereocenters. The van der Waals surface area contributed by atoms with Gasteiger partial charge in [0.15, 0.2) is 0 Å². The SMILES string of the molecule is CC(C)[C@@H]1COC(=O)[C@H](CC(=O)NCc2ccc(Cl)cc2)CC=CCCC(=O)N1. The third-order valence-corrected chi connectivity index (χ3v) is 5.10. The van der Waals surface area contributed by atoms with Gasteiger partial charge < -0.3 is 15.4 Å². The molecule has 1 aliphatic heterocycles. The topological polar surface area (TPSA) is 84.5 Å². The molecule has 0 bridgehead atoms. The molecule has 1 aliphatic rings. The molecule has 29 heavy (non-hydrogen) atoms. The quantitative estimate of drug-likeness (QED) is 0.564. The predicted octanol–water partition coefficient (Wildman–Crippen LogP) is 3.39. The molecule has 7 heteroatoms. The van der Waals surface area contributed by atoms with Crippen LogP contribution in [0.15, 0.2) is 36.4 Å². The summed E-state index contributed by atoms with van der Waals surface area (Å²) in [5.41, 5.74) is 0.930. The number of hydrogen-bond donors (Lipinski definition) is 2. The Morgan fingerprint density at radius 3 is 2.66 bits per heavy atom. The number of rotatable bonds is 5. The van der Waals surface area contributed by atoms with E-state index in [1.165, 1.54) is 0 Å². The van der Waals surface area contributed by atoms with E-state index in [2.05, 4.69) is 10.6 Å². The summed E-state index contributed by atoms with van der Waals surface area (Å²) in [6, 6.07) is 6.98. The summed E-state index contributed by atoms with van der Waals surface area (Å²) in [4.78, 5) is 36.9. The van der Waals surface area contributed by atoms with Crippen molar-refractivity contribution in [3.05, 3.63) is 47.0 Å². The van der Waals surface area contributed by atoms with Crippen molar-refractivity contribution in [2.45, 2.75) is 52.1 Å². The number of carbonyl (C=O) groups is 3. The largest absolute Gasteiger partial charge is 0.463 e. The van der Waals surface area contributed by atoms with Gasteiger partial charge in [-0.15, -0.1) is 0 Å². The molecule has 0 radical (unpaired) electrons.